The van der Waals surface area contributed by atoms with Crippen LogP contribution in [0.1, 0.15) is 38.9 Å². The van der Waals surface area contributed by atoms with Gasteiger partial charge in [-0.2, -0.15) is 0 Å². The van der Waals surface area contributed by atoms with Gasteiger partial charge in [0.2, 0.25) is 0 Å². The maximum absolute atomic E-state index is 12.0. The van der Waals surface area contributed by atoms with Gasteiger partial charge in [-0.3, -0.25) is 4.79 Å². The Morgan fingerprint density at radius 2 is 2.29 bits per heavy atom. The fourth-order valence-electron chi connectivity index (χ4n) is 1.71. The van der Waals surface area contributed by atoms with Crippen molar-refractivity contribution >= 4 is 17.2 Å². The third-order valence-corrected chi connectivity index (χ3v) is 3.53. The first-order chi connectivity index (χ1) is 8.08. The van der Waals surface area contributed by atoms with E-state index in [4.69, 9.17) is 0 Å². The van der Waals surface area contributed by atoms with Crippen LogP contribution in [0.3, 0.4) is 0 Å². The fourth-order valence-corrected chi connectivity index (χ4v) is 2.63. The summed E-state index contributed by atoms with van der Waals surface area (Å²) >= 11 is 1.64. The summed E-state index contributed by atoms with van der Waals surface area (Å²) < 4.78 is 0. The van der Waals surface area contributed by atoms with Gasteiger partial charge < -0.3 is 10.3 Å². The Bertz CT molecular complexity index is 516. The Hall–Kier alpha value is -1.62. The van der Waals surface area contributed by atoms with Crippen LogP contribution in [0.5, 0.6) is 0 Å². The van der Waals surface area contributed by atoms with Gasteiger partial charge in [0.1, 0.15) is 5.82 Å². The highest BCUT2D eigenvalue weighted by Crippen LogP contribution is 2.21. The number of hydrogen-bond acceptors (Lipinski definition) is 3. The highest BCUT2D eigenvalue weighted by Gasteiger charge is 2.16. The third kappa shape index (κ3) is 2.55. The van der Waals surface area contributed by atoms with Crippen molar-refractivity contribution in [3.63, 3.8) is 0 Å². The van der Waals surface area contributed by atoms with Crippen LogP contribution in [0.4, 0.5) is 0 Å². The summed E-state index contributed by atoms with van der Waals surface area (Å²) in [6.45, 7) is 5.87. The molecule has 2 heterocycles. The van der Waals surface area contributed by atoms with Gasteiger partial charge in [0.05, 0.1) is 11.6 Å². The molecule has 90 valence electrons. The van der Waals surface area contributed by atoms with Gasteiger partial charge in [-0.05, 0) is 26.8 Å². The molecule has 2 aromatic heterocycles. The molecule has 0 aliphatic heterocycles. The topological polar surface area (TPSA) is 57.8 Å². The second-order valence-electron chi connectivity index (χ2n) is 4.00. The van der Waals surface area contributed by atoms with Crippen LogP contribution in [-0.2, 0) is 0 Å². The number of nitrogens with zero attached hydrogens (tertiary/aromatic N) is 1. The first-order valence-electron chi connectivity index (χ1n) is 5.45. The number of carbonyl (C=O) groups is 1. The van der Waals surface area contributed by atoms with Crippen molar-refractivity contribution in [2.24, 2.45) is 0 Å². The lowest BCUT2D eigenvalue weighted by molar-refractivity contribution is 0.0938. The van der Waals surface area contributed by atoms with E-state index in [1.807, 2.05) is 26.8 Å². The first-order valence-corrected chi connectivity index (χ1v) is 6.26. The number of imidazole rings is 1. The molecule has 0 spiro atoms. The molecule has 2 aromatic rings. The molecule has 4 nitrogen and oxygen atoms in total. The van der Waals surface area contributed by atoms with Crippen LogP contribution in [0.2, 0.25) is 0 Å². The second-order valence-corrected chi connectivity index (χ2v) is 5.46. The quantitative estimate of drug-likeness (QED) is 0.878. The molecular weight excluding hydrogens is 234 g/mol. The van der Waals surface area contributed by atoms with Gasteiger partial charge >= 0.3 is 0 Å². The van der Waals surface area contributed by atoms with Crippen LogP contribution >= 0.6 is 11.3 Å². The molecule has 0 bridgehead atoms. The number of carbonyl (C=O) groups excluding carboxylic acids is 1. The van der Waals surface area contributed by atoms with Crippen molar-refractivity contribution < 1.29 is 4.79 Å². The van der Waals surface area contributed by atoms with Crippen molar-refractivity contribution in [3.05, 3.63) is 39.6 Å². The smallest absolute Gasteiger partial charge is 0.252 e. The number of hydrogen-bond donors (Lipinski definition) is 2. The molecule has 0 aromatic carbocycles. The number of thiophene rings is 1. The Morgan fingerprint density at radius 1 is 1.53 bits per heavy atom. The molecule has 2 rings (SSSR count). The molecule has 1 unspecified atom stereocenters. The number of rotatable bonds is 3. The van der Waals surface area contributed by atoms with E-state index in [0.717, 1.165) is 21.1 Å². The van der Waals surface area contributed by atoms with Gasteiger partial charge in [-0.1, -0.05) is 0 Å². The van der Waals surface area contributed by atoms with Gasteiger partial charge in [0.15, 0.2) is 0 Å². The molecule has 1 amide bonds. The third-order valence-electron chi connectivity index (χ3n) is 2.56. The van der Waals surface area contributed by atoms with Gasteiger partial charge in [0.25, 0.3) is 5.91 Å². The first kappa shape index (κ1) is 11.9. The van der Waals surface area contributed by atoms with E-state index >= 15 is 0 Å². The number of aromatic amines is 1. The van der Waals surface area contributed by atoms with E-state index in [-0.39, 0.29) is 11.9 Å². The van der Waals surface area contributed by atoms with E-state index in [1.165, 1.54) is 0 Å². The largest absolute Gasteiger partial charge is 0.347 e. The highest BCUT2D eigenvalue weighted by atomic mass is 32.1. The van der Waals surface area contributed by atoms with E-state index in [2.05, 4.69) is 15.3 Å². The Kier molecular flexibility index (Phi) is 3.28. The summed E-state index contributed by atoms with van der Waals surface area (Å²) in [6.07, 6.45) is 3.43. The Labute approximate surface area is 104 Å². The van der Waals surface area contributed by atoms with E-state index in [9.17, 15) is 4.79 Å². The van der Waals surface area contributed by atoms with Crippen molar-refractivity contribution in [1.82, 2.24) is 15.3 Å². The Balaban J connectivity index is 2.09. The zero-order chi connectivity index (χ0) is 12.4. The van der Waals surface area contributed by atoms with Crippen LogP contribution in [0.25, 0.3) is 0 Å². The molecule has 1 atom stereocenters. The maximum Gasteiger partial charge on any atom is 0.252 e. The highest BCUT2D eigenvalue weighted by molar-refractivity contribution is 7.12. The summed E-state index contributed by atoms with van der Waals surface area (Å²) in [4.78, 5) is 21.4. The van der Waals surface area contributed by atoms with Crippen LogP contribution in [-0.4, -0.2) is 15.9 Å². The predicted molar refractivity (Wildman–Crippen MR) is 68.3 cm³/mol. The average Bonchev–Trinajstić information content (AvgIpc) is 2.87. The standard InChI is InChI=1S/C12H15N3OS/c1-7-6-10(9(3)17-7)12(16)15-8(2)11-13-4-5-14-11/h4-6,8H,1-3H3,(H,13,14)(H,15,16). The number of aromatic nitrogens is 2. The van der Waals surface area contributed by atoms with E-state index in [0.29, 0.717) is 0 Å². The zero-order valence-corrected chi connectivity index (χ0v) is 10.9. The van der Waals surface area contributed by atoms with Crippen molar-refractivity contribution in [3.8, 4) is 0 Å². The van der Waals surface area contributed by atoms with Crippen molar-refractivity contribution in [2.45, 2.75) is 26.8 Å². The molecule has 0 aliphatic rings. The van der Waals surface area contributed by atoms with Crippen LogP contribution in [0.15, 0.2) is 18.5 Å². The van der Waals surface area contributed by atoms with Crippen LogP contribution < -0.4 is 5.32 Å². The number of aryl methyl sites for hydroxylation is 2. The summed E-state index contributed by atoms with van der Waals surface area (Å²) in [6, 6.07) is 1.81. The number of nitrogens with one attached hydrogen (secondary N) is 2. The molecule has 0 aliphatic carbocycles. The molecule has 0 radical (unpaired) electrons. The fraction of sp³-hybridized carbons (Fsp3) is 0.333. The van der Waals surface area contributed by atoms with Crippen molar-refractivity contribution in [2.75, 3.05) is 0 Å². The summed E-state index contributed by atoms with van der Waals surface area (Å²) in [5.74, 6) is 0.721. The monoisotopic (exact) mass is 249 g/mol. The second kappa shape index (κ2) is 4.71. The number of amides is 1. The minimum Gasteiger partial charge on any atom is -0.347 e. The van der Waals surface area contributed by atoms with E-state index in [1.54, 1.807) is 23.7 Å². The zero-order valence-electron chi connectivity index (χ0n) is 10.1. The Morgan fingerprint density at radius 3 is 2.82 bits per heavy atom. The molecule has 17 heavy (non-hydrogen) atoms. The lowest BCUT2D eigenvalue weighted by Gasteiger charge is -2.11. The molecular formula is C12H15N3OS. The van der Waals surface area contributed by atoms with Crippen molar-refractivity contribution in [1.29, 1.82) is 0 Å². The maximum atomic E-state index is 12.0. The molecule has 0 fully saturated rings. The van der Waals surface area contributed by atoms with Crippen LogP contribution in [0, 0.1) is 13.8 Å². The predicted octanol–water partition coefficient (Wildman–Crippen LogP) is 2.58. The SMILES string of the molecule is Cc1cc(C(=O)NC(C)c2ncc[nH]2)c(C)s1. The molecule has 5 heteroatoms. The van der Waals surface area contributed by atoms with Gasteiger partial charge in [-0.15, -0.1) is 11.3 Å². The number of H-pyrrole nitrogens is 1. The molecule has 2 N–H and O–H groups in total. The molecule has 0 saturated heterocycles. The summed E-state index contributed by atoms with van der Waals surface area (Å²) in [5, 5.41) is 2.93. The lowest BCUT2D eigenvalue weighted by atomic mass is 10.2. The lowest BCUT2D eigenvalue weighted by Crippen LogP contribution is -2.27. The average molecular weight is 249 g/mol. The minimum absolute atomic E-state index is 0.0456. The van der Waals surface area contributed by atoms with Gasteiger partial charge in [-0.25, -0.2) is 4.98 Å². The summed E-state index contributed by atoms with van der Waals surface area (Å²) in [5.41, 5.74) is 0.755. The summed E-state index contributed by atoms with van der Waals surface area (Å²) in [7, 11) is 0. The molecule has 0 saturated carbocycles. The van der Waals surface area contributed by atoms with Gasteiger partial charge in [0, 0.05) is 22.1 Å². The normalized spacial score (nSPS) is 12.4. The minimum atomic E-state index is -0.114. The van der Waals surface area contributed by atoms with E-state index < -0.39 is 0 Å².